The number of hydrogen-bond donors (Lipinski definition) is 2. The number of thiocarbonyl (C=S) groups is 1. The van der Waals surface area contributed by atoms with Crippen LogP contribution in [0.2, 0.25) is 0 Å². The predicted molar refractivity (Wildman–Crippen MR) is 61.7 cm³/mol. The predicted octanol–water partition coefficient (Wildman–Crippen LogP) is 0.135. The van der Waals surface area contributed by atoms with Gasteiger partial charge in [0.15, 0.2) is 0 Å². The lowest BCUT2D eigenvalue weighted by Crippen LogP contribution is -2.28. The summed E-state index contributed by atoms with van der Waals surface area (Å²) in [5.74, 6) is -0.158. The SMILES string of the molecule is Cc1cc(C(=O)NCCC(N)=S)n(C)n1. The van der Waals surface area contributed by atoms with E-state index in [2.05, 4.69) is 10.4 Å². The summed E-state index contributed by atoms with van der Waals surface area (Å²) in [7, 11) is 1.73. The molecule has 0 spiro atoms. The summed E-state index contributed by atoms with van der Waals surface area (Å²) in [6.07, 6.45) is 0.512. The molecule has 0 fully saturated rings. The Morgan fingerprint density at radius 1 is 1.73 bits per heavy atom. The Morgan fingerprint density at radius 2 is 2.40 bits per heavy atom. The largest absolute Gasteiger partial charge is 0.393 e. The van der Waals surface area contributed by atoms with E-state index in [0.29, 0.717) is 23.6 Å². The molecule has 0 bridgehead atoms. The third kappa shape index (κ3) is 3.32. The lowest BCUT2D eigenvalue weighted by Gasteiger charge is -2.03. The first-order valence-electron chi connectivity index (χ1n) is 4.58. The average Bonchev–Trinajstić information content (AvgIpc) is 2.44. The number of carbonyl (C=O) groups excluding carboxylic acids is 1. The first-order valence-corrected chi connectivity index (χ1v) is 4.98. The second-order valence-corrected chi connectivity index (χ2v) is 3.79. The topological polar surface area (TPSA) is 72.9 Å². The number of carbonyl (C=O) groups is 1. The van der Waals surface area contributed by atoms with E-state index >= 15 is 0 Å². The van der Waals surface area contributed by atoms with Gasteiger partial charge in [0.2, 0.25) is 0 Å². The molecular weight excluding hydrogens is 212 g/mol. The molecular formula is C9H14N4OS. The Hall–Kier alpha value is -1.43. The molecule has 0 saturated heterocycles. The number of amides is 1. The van der Waals surface area contributed by atoms with E-state index in [1.54, 1.807) is 17.8 Å². The van der Waals surface area contributed by atoms with Crippen molar-refractivity contribution in [3.63, 3.8) is 0 Å². The first-order chi connectivity index (χ1) is 7.00. The van der Waals surface area contributed by atoms with E-state index in [-0.39, 0.29) is 5.91 Å². The van der Waals surface area contributed by atoms with E-state index in [9.17, 15) is 4.79 Å². The van der Waals surface area contributed by atoms with Crippen molar-refractivity contribution >= 4 is 23.1 Å². The van der Waals surface area contributed by atoms with Crippen LogP contribution in [0.15, 0.2) is 6.07 Å². The maximum absolute atomic E-state index is 11.6. The molecule has 0 aliphatic heterocycles. The maximum Gasteiger partial charge on any atom is 0.269 e. The van der Waals surface area contributed by atoms with Crippen molar-refractivity contribution in [2.45, 2.75) is 13.3 Å². The number of rotatable bonds is 4. The second-order valence-electron chi connectivity index (χ2n) is 3.27. The molecule has 1 amide bonds. The van der Waals surface area contributed by atoms with Gasteiger partial charge in [0.05, 0.1) is 10.7 Å². The quantitative estimate of drug-likeness (QED) is 0.716. The van der Waals surface area contributed by atoms with Crippen molar-refractivity contribution in [2.75, 3.05) is 6.54 Å². The molecule has 5 nitrogen and oxygen atoms in total. The molecule has 0 radical (unpaired) electrons. The van der Waals surface area contributed by atoms with Gasteiger partial charge in [-0.3, -0.25) is 9.48 Å². The molecule has 3 N–H and O–H groups in total. The van der Waals surface area contributed by atoms with E-state index < -0.39 is 0 Å². The summed E-state index contributed by atoms with van der Waals surface area (Å²) in [4.78, 5) is 12.0. The Morgan fingerprint density at radius 3 is 2.87 bits per heavy atom. The lowest BCUT2D eigenvalue weighted by atomic mass is 10.3. The molecule has 1 rings (SSSR count). The van der Waals surface area contributed by atoms with Crippen LogP contribution in [0.1, 0.15) is 22.6 Å². The number of nitrogens with two attached hydrogens (primary N) is 1. The summed E-state index contributed by atoms with van der Waals surface area (Å²) < 4.78 is 1.55. The van der Waals surface area contributed by atoms with E-state index in [1.165, 1.54) is 0 Å². The lowest BCUT2D eigenvalue weighted by molar-refractivity contribution is 0.0945. The van der Waals surface area contributed by atoms with Crippen LogP contribution in [0.4, 0.5) is 0 Å². The molecule has 0 aliphatic rings. The number of aromatic nitrogens is 2. The minimum Gasteiger partial charge on any atom is -0.393 e. The van der Waals surface area contributed by atoms with Crippen LogP contribution in [0.25, 0.3) is 0 Å². The normalized spacial score (nSPS) is 10.0. The molecule has 0 unspecified atom stereocenters. The summed E-state index contributed by atoms with van der Waals surface area (Å²) in [5.41, 5.74) is 6.67. The zero-order chi connectivity index (χ0) is 11.4. The van der Waals surface area contributed by atoms with Crippen molar-refractivity contribution in [3.8, 4) is 0 Å². The van der Waals surface area contributed by atoms with Crippen molar-refractivity contribution < 1.29 is 4.79 Å². The van der Waals surface area contributed by atoms with Gasteiger partial charge in [-0.25, -0.2) is 0 Å². The van der Waals surface area contributed by atoms with Crippen LogP contribution in [0.5, 0.6) is 0 Å². The molecule has 1 heterocycles. The highest BCUT2D eigenvalue weighted by Crippen LogP contribution is 2.01. The van der Waals surface area contributed by atoms with Gasteiger partial charge in [0, 0.05) is 20.0 Å². The van der Waals surface area contributed by atoms with Crippen LogP contribution in [-0.4, -0.2) is 27.2 Å². The number of hydrogen-bond acceptors (Lipinski definition) is 3. The standard InChI is InChI=1S/C9H14N4OS/c1-6-5-7(13(2)12-6)9(14)11-4-3-8(10)15/h5H,3-4H2,1-2H3,(H2,10,15)(H,11,14). The van der Waals surface area contributed by atoms with Gasteiger partial charge in [0.25, 0.3) is 5.91 Å². The molecule has 0 saturated carbocycles. The van der Waals surface area contributed by atoms with Gasteiger partial charge in [-0.2, -0.15) is 5.10 Å². The van der Waals surface area contributed by atoms with Gasteiger partial charge in [-0.1, -0.05) is 12.2 Å². The summed E-state index contributed by atoms with van der Waals surface area (Å²) in [5, 5.41) is 6.80. The van der Waals surface area contributed by atoms with Gasteiger partial charge in [0.1, 0.15) is 5.69 Å². The fourth-order valence-electron chi connectivity index (χ4n) is 1.21. The Kier molecular flexibility index (Phi) is 3.79. The second kappa shape index (κ2) is 4.88. The van der Waals surface area contributed by atoms with Crippen LogP contribution in [-0.2, 0) is 7.05 Å². The van der Waals surface area contributed by atoms with E-state index in [4.69, 9.17) is 18.0 Å². The van der Waals surface area contributed by atoms with E-state index in [1.807, 2.05) is 6.92 Å². The molecule has 6 heteroatoms. The number of nitrogens with zero attached hydrogens (tertiary/aromatic N) is 2. The summed E-state index contributed by atoms with van der Waals surface area (Å²) in [6, 6.07) is 1.73. The van der Waals surface area contributed by atoms with Gasteiger partial charge in [-0.05, 0) is 13.0 Å². The third-order valence-electron chi connectivity index (χ3n) is 1.89. The zero-order valence-corrected chi connectivity index (χ0v) is 9.60. The fraction of sp³-hybridized carbons (Fsp3) is 0.444. The minimum absolute atomic E-state index is 0.158. The molecule has 0 aliphatic carbocycles. The first kappa shape index (κ1) is 11.6. The van der Waals surface area contributed by atoms with Crippen molar-refractivity contribution in [1.29, 1.82) is 0 Å². The van der Waals surface area contributed by atoms with Crippen molar-refractivity contribution in [1.82, 2.24) is 15.1 Å². The van der Waals surface area contributed by atoms with Crippen LogP contribution < -0.4 is 11.1 Å². The number of aryl methyl sites for hydroxylation is 2. The molecule has 0 aromatic carbocycles. The number of nitrogens with one attached hydrogen (secondary N) is 1. The molecule has 15 heavy (non-hydrogen) atoms. The fourth-order valence-corrected chi connectivity index (χ4v) is 1.31. The molecule has 82 valence electrons. The highest BCUT2D eigenvalue weighted by Gasteiger charge is 2.10. The summed E-state index contributed by atoms with van der Waals surface area (Å²) >= 11 is 4.70. The van der Waals surface area contributed by atoms with Crippen molar-refractivity contribution in [2.24, 2.45) is 12.8 Å². The summed E-state index contributed by atoms with van der Waals surface area (Å²) in [6.45, 7) is 2.30. The Balaban J connectivity index is 2.54. The molecule has 1 aromatic heterocycles. The van der Waals surface area contributed by atoms with Crippen LogP contribution >= 0.6 is 12.2 Å². The monoisotopic (exact) mass is 226 g/mol. The van der Waals surface area contributed by atoms with Gasteiger partial charge >= 0.3 is 0 Å². The maximum atomic E-state index is 11.6. The minimum atomic E-state index is -0.158. The Bertz CT molecular complexity index is 385. The Labute approximate surface area is 93.6 Å². The molecule has 0 atom stereocenters. The zero-order valence-electron chi connectivity index (χ0n) is 8.78. The van der Waals surface area contributed by atoms with Crippen LogP contribution in [0, 0.1) is 6.92 Å². The average molecular weight is 226 g/mol. The third-order valence-corrected chi connectivity index (χ3v) is 2.10. The highest BCUT2D eigenvalue weighted by molar-refractivity contribution is 7.80. The van der Waals surface area contributed by atoms with Gasteiger partial charge < -0.3 is 11.1 Å². The van der Waals surface area contributed by atoms with E-state index in [0.717, 1.165) is 5.69 Å². The van der Waals surface area contributed by atoms with Gasteiger partial charge in [-0.15, -0.1) is 0 Å². The highest BCUT2D eigenvalue weighted by atomic mass is 32.1. The molecule has 1 aromatic rings. The van der Waals surface area contributed by atoms with Crippen LogP contribution in [0.3, 0.4) is 0 Å². The smallest absolute Gasteiger partial charge is 0.269 e. The van der Waals surface area contributed by atoms with Crippen molar-refractivity contribution in [3.05, 3.63) is 17.5 Å².